The Morgan fingerprint density at radius 1 is 1.60 bits per heavy atom. The Morgan fingerprint density at radius 2 is 2.33 bits per heavy atom. The van der Waals surface area contributed by atoms with Crippen molar-refractivity contribution in [3.63, 3.8) is 0 Å². The van der Waals surface area contributed by atoms with Crippen LogP contribution in [0, 0.1) is 6.92 Å². The zero-order valence-corrected chi connectivity index (χ0v) is 10.0. The molecule has 0 aromatic carbocycles. The Hall–Kier alpha value is -1.00. The van der Waals surface area contributed by atoms with Crippen LogP contribution in [0.3, 0.4) is 0 Å². The quantitative estimate of drug-likeness (QED) is 0.768. The van der Waals surface area contributed by atoms with Crippen LogP contribution in [-0.2, 0) is 6.54 Å². The minimum atomic E-state index is 0.533. The van der Waals surface area contributed by atoms with Gasteiger partial charge in [0.15, 0.2) is 0 Å². The molecule has 1 aromatic heterocycles. The van der Waals surface area contributed by atoms with Crippen molar-refractivity contribution in [2.75, 3.05) is 13.1 Å². The molecule has 0 atom stereocenters. The first-order valence-corrected chi connectivity index (χ1v) is 5.45. The lowest BCUT2D eigenvalue weighted by molar-refractivity contribution is 0.316. The third-order valence-electron chi connectivity index (χ3n) is 2.32. The van der Waals surface area contributed by atoms with Crippen molar-refractivity contribution in [2.24, 2.45) is 5.73 Å². The molecule has 1 aromatic rings. The largest absolute Gasteiger partial charge is 0.392 e. The summed E-state index contributed by atoms with van der Waals surface area (Å²) in [7, 11) is 0. The molecular formula is C11H17N3S. The zero-order chi connectivity index (χ0) is 11.3. The Balaban J connectivity index is 2.66. The molecular weight excluding hydrogens is 206 g/mol. The zero-order valence-electron chi connectivity index (χ0n) is 9.23. The smallest absolute Gasteiger partial charge is 0.0870 e. The van der Waals surface area contributed by atoms with Gasteiger partial charge in [0.1, 0.15) is 0 Å². The normalized spacial score (nSPS) is 10.6. The molecule has 0 bridgehead atoms. The maximum atomic E-state index is 5.53. The van der Waals surface area contributed by atoms with Crippen LogP contribution >= 0.6 is 12.2 Å². The van der Waals surface area contributed by atoms with E-state index in [1.165, 1.54) is 5.56 Å². The Kier molecular flexibility index (Phi) is 4.65. The molecule has 0 unspecified atom stereocenters. The van der Waals surface area contributed by atoms with E-state index in [9.17, 15) is 0 Å². The van der Waals surface area contributed by atoms with Gasteiger partial charge in [-0.1, -0.05) is 25.2 Å². The molecule has 0 aliphatic heterocycles. The van der Waals surface area contributed by atoms with Gasteiger partial charge in [0, 0.05) is 19.3 Å². The summed E-state index contributed by atoms with van der Waals surface area (Å²) >= 11 is 4.90. The van der Waals surface area contributed by atoms with Crippen molar-refractivity contribution in [3.05, 3.63) is 29.6 Å². The number of aromatic nitrogens is 1. The first-order chi connectivity index (χ1) is 7.13. The molecule has 0 saturated carbocycles. The molecule has 0 aliphatic rings. The predicted molar refractivity (Wildman–Crippen MR) is 66.7 cm³/mol. The van der Waals surface area contributed by atoms with Crippen molar-refractivity contribution >= 4 is 17.2 Å². The molecule has 0 fully saturated rings. The van der Waals surface area contributed by atoms with Gasteiger partial charge in [0.05, 0.1) is 10.7 Å². The second kappa shape index (κ2) is 5.78. The van der Waals surface area contributed by atoms with Crippen molar-refractivity contribution in [1.29, 1.82) is 0 Å². The lowest BCUT2D eigenvalue weighted by Gasteiger charge is -2.19. The van der Waals surface area contributed by atoms with E-state index in [-0.39, 0.29) is 0 Å². The Bertz CT molecular complexity index is 338. The molecule has 0 spiro atoms. The van der Waals surface area contributed by atoms with Gasteiger partial charge < -0.3 is 5.73 Å². The van der Waals surface area contributed by atoms with Crippen LogP contribution in [0.2, 0.25) is 0 Å². The summed E-state index contributed by atoms with van der Waals surface area (Å²) in [4.78, 5) is 7.06. The minimum absolute atomic E-state index is 0.533. The standard InChI is InChI=1S/C11H17N3S/c1-3-14(8-11(12)15)7-10-9(2)5-4-6-13-10/h4-6H,3,7-8H2,1-2H3,(H2,12,15). The van der Waals surface area contributed by atoms with E-state index in [1.807, 2.05) is 12.3 Å². The van der Waals surface area contributed by atoms with Crippen LogP contribution in [-0.4, -0.2) is 28.0 Å². The van der Waals surface area contributed by atoms with E-state index in [4.69, 9.17) is 18.0 Å². The summed E-state index contributed by atoms with van der Waals surface area (Å²) in [6.45, 7) is 6.54. The molecule has 1 rings (SSSR count). The maximum Gasteiger partial charge on any atom is 0.0870 e. The highest BCUT2D eigenvalue weighted by atomic mass is 32.1. The number of likely N-dealkylation sites (N-methyl/N-ethyl adjacent to an activating group) is 1. The monoisotopic (exact) mass is 223 g/mol. The molecule has 82 valence electrons. The van der Waals surface area contributed by atoms with Crippen molar-refractivity contribution < 1.29 is 0 Å². The number of nitrogens with two attached hydrogens (primary N) is 1. The van der Waals surface area contributed by atoms with Crippen molar-refractivity contribution in [3.8, 4) is 0 Å². The van der Waals surface area contributed by atoms with E-state index in [1.54, 1.807) is 0 Å². The number of hydrogen-bond acceptors (Lipinski definition) is 3. The molecule has 1 heterocycles. The molecule has 4 heteroatoms. The number of rotatable bonds is 5. The molecule has 0 radical (unpaired) electrons. The van der Waals surface area contributed by atoms with E-state index in [2.05, 4.69) is 29.8 Å². The van der Waals surface area contributed by atoms with Crippen LogP contribution in [0.4, 0.5) is 0 Å². The first-order valence-electron chi connectivity index (χ1n) is 5.04. The third kappa shape index (κ3) is 3.93. The number of hydrogen-bond donors (Lipinski definition) is 1. The summed E-state index contributed by atoms with van der Waals surface area (Å²) in [6.07, 6.45) is 1.82. The summed E-state index contributed by atoms with van der Waals surface area (Å²) in [5.74, 6) is 0. The van der Waals surface area contributed by atoms with Gasteiger partial charge in [0.25, 0.3) is 0 Å². The van der Waals surface area contributed by atoms with Crippen LogP contribution in [0.5, 0.6) is 0 Å². The lowest BCUT2D eigenvalue weighted by Crippen LogP contribution is -2.32. The van der Waals surface area contributed by atoms with E-state index >= 15 is 0 Å². The maximum absolute atomic E-state index is 5.53. The van der Waals surface area contributed by atoms with Gasteiger partial charge in [0.2, 0.25) is 0 Å². The summed E-state index contributed by atoms with van der Waals surface area (Å²) in [6, 6.07) is 4.01. The molecule has 2 N–H and O–H groups in total. The fourth-order valence-electron chi connectivity index (χ4n) is 1.40. The minimum Gasteiger partial charge on any atom is -0.392 e. The highest BCUT2D eigenvalue weighted by molar-refractivity contribution is 7.80. The average molecular weight is 223 g/mol. The van der Waals surface area contributed by atoms with E-state index in [0.717, 1.165) is 18.8 Å². The van der Waals surface area contributed by atoms with Crippen molar-refractivity contribution in [1.82, 2.24) is 9.88 Å². The fraction of sp³-hybridized carbons (Fsp3) is 0.455. The number of nitrogens with zero attached hydrogens (tertiary/aromatic N) is 2. The average Bonchev–Trinajstić information content (AvgIpc) is 2.19. The summed E-state index contributed by atoms with van der Waals surface area (Å²) in [5.41, 5.74) is 7.83. The van der Waals surface area contributed by atoms with Gasteiger partial charge >= 0.3 is 0 Å². The second-order valence-corrected chi connectivity index (χ2v) is 4.06. The molecule has 0 amide bonds. The van der Waals surface area contributed by atoms with Gasteiger partial charge in [-0.25, -0.2) is 0 Å². The third-order valence-corrected chi connectivity index (χ3v) is 2.45. The van der Waals surface area contributed by atoms with Gasteiger partial charge in [-0.05, 0) is 25.1 Å². The highest BCUT2D eigenvalue weighted by Gasteiger charge is 2.07. The van der Waals surface area contributed by atoms with Crippen LogP contribution in [0.1, 0.15) is 18.2 Å². The Morgan fingerprint density at radius 3 is 2.87 bits per heavy atom. The van der Waals surface area contributed by atoms with Gasteiger partial charge in [-0.3, -0.25) is 9.88 Å². The highest BCUT2D eigenvalue weighted by Crippen LogP contribution is 2.06. The molecule has 0 saturated heterocycles. The number of thiocarbonyl (C=S) groups is 1. The van der Waals surface area contributed by atoms with Gasteiger partial charge in [-0.2, -0.15) is 0 Å². The van der Waals surface area contributed by atoms with Crippen LogP contribution < -0.4 is 5.73 Å². The predicted octanol–water partition coefficient (Wildman–Crippen LogP) is 1.50. The fourth-order valence-corrected chi connectivity index (χ4v) is 1.58. The van der Waals surface area contributed by atoms with Gasteiger partial charge in [-0.15, -0.1) is 0 Å². The van der Waals surface area contributed by atoms with Crippen molar-refractivity contribution in [2.45, 2.75) is 20.4 Å². The SMILES string of the molecule is CCN(CC(N)=S)Cc1ncccc1C. The number of pyridine rings is 1. The molecule has 0 aliphatic carbocycles. The first kappa shape index (κ1) is 12.1. The topological polar surface area (TPSA) is 42.1 Å². The molecule has 15 heavy (non-hydrogen) atoms. The Labute approximate surface area is 96.3 Å². The second-order valence-electron chi connectivity index (χ2n) is 3.54. The van der Waals surface area contributed by atoms with Crippen LogP contribution in [0.25, 0.3) is 0 Å². The van der Waals surface area contributed by atoms with E-state index in [0.29, 0.717) is 11.5 Å². The summed E-state index contributed by atoms with van der Waals surface area (Å²) in [5, 5.41) is 0. The lowest BCUT2D eigenvalue weighted by atomic mass is 10.2. The molecule has 3 nitrogen and oxygen atoms in total. The van der Waals surface area contributed by atoms with E-state index < -0.39 is 0 Å². The van der Waals surface area contributed by atoms with Crippen LogP contribution in [0.15, 0.2) is 18.3 Å². The number of aryl methyl sites for hydroxylation is 1. The summed E-state index contributed by atoms with van der Waals surface area (Å²) < 4.78 is 0.